The van der Waals surface area contributed by atoms with E-state index in [-0.39, 0.29) is 15.5 Å². The second-order valence-electron chi connectivity index (χ2n) is 5.57. The van der Waals surface area contributed by atoms with Crippen LogP contribution in [0, 0.1) is 0 Å². The Hall–Kier alpha value is -2.05. The number of amides is 1. The molecule has 1 amide bonds. The minimum atomic E-state index is -3.43. The average Bonchev–Trinajstić information content (AvgIpc) is 2.56. The maximum Gasteiger partial charge on any atom is 0.257 e. The molecular formula is C18H20ClNO4S. The van der Waals surface area contributed by atoms with Crippen molar-refractivity contribution in [2.75, 3.05) is 18.2 Å². The number of carbonyl (C=O) groups excluding carboxylic acids is 1. The van der Waals surface area contributed by atoms with Crippen LogP contribution in [-0.2, 0) is 9.84 Å². The molecule has 0 aliphatic heterocycles. The molecular weight excluding hydrogens is 362 g/mol. The molecule has 2 aromatic carbocycles. The van der Waals surface area contributed by atoms with Gasteiger partial charge in [-0.2, -0.15) is 0 Å². The van der Waals surface area contributed by atoms with Crippen molar-refractivity contribution in [2.45, 2.75) is 24.7 Å². The van der Waals surface area contributed by atoms with E-state index in [0.29, 0.717) is 18.0 Å². The molecule has 5 nitrogen and oxygen atoms in total. The largest absolute Gasteiger partial charge is 0.491 e. The molecule has 2 rings (SSSR count). The number of benzene rings is 2. The molecule has 7 heteroatoms. The highest BCUT2D eigenvalue weighted by molar-refractivity contribution is 7.90. The van der Waals surface area contributed by atoms with E-state index >= 15 is 0 Å². The molecule has 0 bridgehead atoms. The summed E-state index contributed by atoms with van der Waals surface area (Å²) in [7, 11) is -3.43. The summed E-state index contributed by atoms with van der Waals surface area (Å²) in [6, 6.07) is 11.1. The van der Waals surface area contributed by atoms with Crippen molar-refractivity contribution in [2.24, 2.45) is 0 Å². The van der Waals surface area contributed by atoms with Crippen LogP contribution in [0.3, 0.4) is 0 Å². The van der Waals surface area contributed by atoms with Crippen LogP contribution >= 0.6 is 11.6 Å². The zero-order valence-corrected chi connectivity index (χ0v) is 15.7. The Labute approximate surface area is 152 Å². The van der Waals surface area contributed by atoms with Gasteiger partial charge >= 0.3 is 0 Å². The number of sulfone groups is 1. The van der Waals surface area contributed by atoms with Crippen LogP contribution in [-0.4, -0.2) is 27.2 Å². The van der Waals surface area contributed by atoms with Crippen molar-refractivity contribution in [3.05, 3.63) is 53.1 Å². The molecule has 1 N–H and O–H groups in total. The van der Waals surface area contributed by atoms with E-state index in [4.69, 9.17) is 16.3 Å². The second-order valence-corrected chi connectivity index (χ2v) is 7.99. The monoisotopic (exact) mass is 381 g/mol. The van der Waals surface area contributed by atoms with Crippen molar-refractivity contribution in [3.8, 4) is 5.75 Å². The van der Waals surface area contributed by atoms with Crippen LogP contribution in [0.5, 0.6) is 5.75 Å². The number of hydrogen-bond donors (Lipinski definition) is 1. The molecule has 134 valence electrons. The van der Waals surface area contributed by atoms with Gasteiger partial charge in [-0.25, -0.2) is 8.42 Å². The van der Waals surface area contributed by atoms with Crippen LogP contribution < -0.4 is 10.1 Å². The Bertz CT molecular complexity index is 865. The third-order valence-corrected chi connectivity index (χ3v) is 4.94. The second kappa shape index (κ2) is 8.36. The first-order valence-corrected chi connectivity index (χ1v) is 10.1. The van der Waals surface area contributed by atoms with Gasteiger partial charge in [-0.15, -0.1) is 0 Å². The minimum absolute atomic E-state index is 0.0366. The lowest BCUT2D eigenvalue weighted by molar-refractivity contribution is 0.102. The standard InChI is InChI=1S/C18H20ClNO4S/c1-3-4-11-24-17-8-6-5-7-16(17)20-18(21)14-12-13(25(2,22)23)9-10-15(14)19/h5-10,12H,3-4,11H2,1-2H3,(H,20,21). The molecule has 0 unspecified atom stereocenters. The van der Waals surface area contributed by atoms with Gasteiger partial charge in [0.05, 0.1) is 27.8 Å². The number of halogens is 1. The van der Waals surface area contributed by atoms with Crippen LogP contribution in [0.15, 0.2) is 47.4 Å². The van der Waals surface area contributed by atoms with Crippen molar-refractivity contribution in [1.29, 1.82) is 0 Å². The van der Waals surface area contributed by atoms with Crippen LogP contribution in [0.25, 0.3) is 0 Å². The molecule has 0 spiro atoms. The van der Waals surface area contributed by atoms with Crippen LogP contribution in [0.4, 0.5) is 5.69 Å². The lowest BCUT2D eigenvalue weighted by Gasteiger charge is -2.13. The summed E-state index contributed by atoms with van der Waals surface area (Å²) in [5.41, 5.74) is 0.595. The van der Waals surface area contributed by atoms with Gasteiger partial charge in [-0.05, 0) is 36.8 Å². The highest BCUT2D eigenvalue weighted by Gasteiger charge is 2.17. The normalized spacial score (nSPS) is 11.2. The molecule has 0 atom stereocenters. The first kappa shape index (κ1) is 19.3. The Balaban J connectivity index is 2.26. The van der Waals surface area contributed by atoms with E-state index < -0.39 is 15.7 Å². The van der Waals surface area contributed by atoms with E-state index in [0.717, 1.165) is 19.1 Å². The molecule has 0 aliphatic carbocycles. The molecule has 0 saturated heterocycles. The molecule has 0 aliphatic rings. The molecule has 0 fully saturated rings. The molecule has 2 aromatic rings. The summed E-state index contributed by atoms with van der Waals surface area (Å²) in [6.07, 6.45) is 2.99. The van der Waals surface area contributed by atoms with Gasteiger partial charge in [0.2, 0.25) is 0 Å². The SMILES string of the molecule is CCCCOc1ccccc1NC(=O)c1cc(S(C)(=O)=O)ccc1Cl. The summed E-state index contributed by atoms with van der Waals surface area (Å²) in [6.45, 7) is 2.61. The Kier molecular flexibility index (Phi) is 6.45. The number of unbranched alkanes of at least 4 members (excludes halogenated alkanes) is 1. The predicted molar refractivity (Wildman–Crippen MR) is 99.4 cm³/mol. The number of para-hydroxylation sites is 2. The molecule has 25 heavy (non-hydrogen) atoms. The van der Waals surface area contributed by atoms with E-state index in [1.165, 1.54) is 18.2 Å². The number of rotatable bonds is 7. The number of hydrogen-bond acceptors (Lipinski definition) is 4. The van der Waals surface area contributed by atoms with Gasteiger partial charge in [0, 0.05) is 6.26 Å². The van der Waals surface area contributed by atoms with Gasteiger partial charge in [0.15, 0.2) is 9.84 Å². The fraction of sp³-hybridized carbons (Fsp3) is 0.278. The Morgan fingerprint density at radius 1 is 1.20 bits per heavy atom. The van der Waals surface area contributed by atoms with Gasteiger partial charge < -0.3 is 10.1 Å². The van der Waals surface area contributed by atoms with Gasteiger partial charge in [0.1, 0.15) is 5.75 Å². The minimum Gasteiger partial charge on any atom is -0.491 e. The summed E-state index contributed by atoms with van der Waals surface area (Å²) >= 11 is 6.06. The van der Waals surface area contributed by atoms with Gasteiger partial charge in [-0.3, -0.25) is 4.79 Å². The lowest BCUT2D eigenvalue weighted by Crippen LogP contribution is -2.14. The molecule has 0 aromatic heterocycles. The van der Waals surface area contributed by atoms with Crippen LogP contribution in [0.2, 0.25) is 5.02 Å². The van der Waals surface area contributed by atoms with Crippen molar-refractivity contribution < 1.29 is 17.9 Å². The quantitative estimate of drug-likeness (QED) is 0.730. The topological polar surface area (TPSA) is 72.5 Å². The fourth-order valence-electron chi connectivity index (χ4n) is 2.12. The maximum absolute atomic E-state index is 12.6. The first-order chi connectivity index (χ1) is 11.8. The number of nitrogens with one attached hydrogen (secondary N) is 1. The zero-order valence-electron chi connectivity index (χ0n) is 14.1. The smallest absolute Gasteiger partial charge is 0.257 e. The molecule has 0 radical (unpaired) electrons. The van der Waals surface area contributed by atoms with E-state index in [1.807, 2.05) is 6.07 Å². The summed E-state index contributed by atoms with van der Waals surface area (Å²) in [4.78, 5) is 12.6. The molecule has 0 saturated carbocycles. The van der Waals surface area contributed by atoms with E-state index in [1.54, 1.807) is 18.2 Å². The average molecular weight is 382 g/mol. The fourth-order valence-corrected chi connectivity index (χ4v) is 2.97. The van der Waals surface area contributed by atoms with Crippen molar-refractivity contribution in [3.63, 3.8) is 0 Å². The third-order valence-electron chi connectivity index (χ3n) is 3.50. The number of carbonyl (C=O) groups is 1. The maximum atomic E-state index is 12.6. The van der Waals surface area contributed by atoms with Crippen LogP contribution in [0.1, 0.15) is 30.1 Å². The van der Waals surface area contributed by atoms with Gasteiger partial charge in [0.25, 0.3) is 5.91 Å². The lowest BCUT2D eigenvalue weighted by atomic mass is 10.2. The highest BCUT2D eigenvalue weighted by atomic mass is 35.5. The summed E-state index contributed by atoms with van der Waals surface area (Å²) in [5.74, 6) is 0.0572. The van der Waals surface area contributed by atoms with Crippen molar-refractivity contribution >= 4 is 33.0 Å². The van der Waals surface area contributed by atoms with E-state index in [2.05, 4.69) is 12.2 Å². The van der Waals surface area contributed by atoms with Gasteiger partial charge in [-0.1, -0.05) is 37.1 Å². The highest BCUT2D eigenvalue weighted by Crippen LogP contribution is 2.27. The zero-order chi connectivity index (χ0) is 18.4. The van der Waals surface area contributed by atoms with E-state index in [9.17, 15) is 13.2 Å². The van der Waals surface area contributed by atoms with Crippen molar-refractivity contribution in [1.82, 2.24) is 0 Å². The third kappa shape index (κ3) is 5.21. The Morgan fingerprint density at radius 2 is 1.92 bits per heavy atom. The molecule has 0 heterocycles. The Morgan fingerprint density at radius 3 is 2.60 bits per heavy atom. The summed E-state index contributed by atoms with van der Waals surface area (Å²) in [5, 5.41) is 2.91. The summed E-state index contributed by atoms with van der Waals surface area (Å²) < 4.78 is 29.0. The predicted octanol–water partition coefficient (Wildman–Crippen LogP) is 4.17. The number of anilines is 1. The number of ether oxygens (including phenoxy) is 1. The first-order valence-electron chi connectivity index (χ1n) is 7.85.